The Labute approximate surface area is 150 Å². The molecule has 0 spiro atoms. The van der Waals surface area contributed by atoms with E-state index in [0.29, 0.717) is 13.1 Å². The number of likely N-dealkylation sites (N-methyl/N-ethyl adjacent to an activating group) is 1. The molecule has 0 saturated heterocycles. The Morgan fingerprint density at radius 3 is 2.68 bits per heavy atom. The average Bonchev–Trinajstić information content (AvgIpc) is 2.85. The lowest BCUT2D eigenvalue weighted by molar-refractivity contribution is -0.119. The molecule has 1 N–H and O–H groups in total. The van der Waals surface area contributed by atoms with Gasteiger partial charge in [0, 0.05) is 38.1 Å². The van der Waals surface area contributed by atoms with Gasteiger partial charge in [-0.05, 0) is 43.0 Å². The van der Waals surface area contributed by atoms with Crippen LogP contribution in [0, 0.1) is 0 Å². The van der Waals surface area contributed by atoms with E-state index in [0.717, 1.165) is 31.6 Å². The predicted octanol–water partition coefficient (Wildman–Crippen LogP) is 3.08. The van der Waals surface area contributed by atoms with E-state index in [1.807, 2.05) is 25.2 Å². The van der Waals surface area contributed by atoms with Crippen LogP contribution in [0.2, 0.25) is 0 Å². The molecule has 4 nitrogen and oxygen atoms in total. The summed E-state index contributed by atoms with van der Waals surface area (Å²) in [7, 11) is 2.05. The summed E-state index contributed by atoms with van der Waals surface area (Å²) in [6, 6.07) is 18.7. The van der Waals surface area contributed by atoms with Crippen molar-refractivity contribution in [2.75, 3.05) is 43.0 Å². The van der Waals surface area contributed by atoms with E-state index in [9.17, 15) is 4.79 Å². The standard InChI is InChI=1S/C21H27N3O/c1-23(19-11-3-2-4-12-19)16-14-22-21(25)17-24-15-8-7-10-18-9-5-6-13-20(18)24/h2-6,9,11-13H,7-8,10,14-17H2,1H3,(H,22,25). The fourth-order valence-electron chi connectivity index (χ4n) is 3.34. The molecule has 4 heteroatoms. The Hall–Kier alpha value is -2.49. The Kier molecular flexibility index (Phi) is 5.94. The lowest BCUT2D eigenvalue weighted by Gasteiger charge is -2.25. The highest BCUT2D eigenvalue weighted by Crippen LogP contribution is 2.25. The fraction of sp³-hybridized carbons (Fsp3) is 0.381. The molecule has 0 radical (unpaired) electrons. The van der Waals surface area contributed by atoms with Gasteiger partial charge in [-0.2, -0.15) is 0 Å². The number of rotatable bonds is 6. The molecule has 2 aromatic carbocycles. The van der Waals surface area contributed by atoms with E-state index in [2.05, 4.69) is 51.5 Å². The smallest absolute Gasteiger partial charge is 0.239 e. The zero-order valence-electron chi connectivity index (χ0n) is 14.9. The number of aryl methyl sites for hydroxylation is 1. The number of hydrogen-bond donors (Lipinski definition) is 1. The molecule has 132 valence electrons. The number of nitrogens with one attached hydrogen (secondary N) is 1. The van der Waals surface area contributed by atoms with Crippen molar-refractivity contribution < 1.29 is 4.79 Å². The largest absolute Gasteiger partial charge is 0.373 e. The highest BCUT2D eigenvalue weighted by molar-refractivity contribution is 5.81. The van der Waals surface area contributed by atoms with Crippen LogP contribution in [0.15, 0.2) is 54.6 Å². The Morgan fingerprint density at radius 2 is 1.84 bits per heavy atom. The minimum atomic E-state index is 0.0955. The summed E-state index contributed by atoms with van der Waals surface area (Å²) in [5.41, 5.74) is 3.74. The van der Waals surface area contributed by atoms with E-state index in [1.165, 1.54) is 17.7 Å². The third-order valence-corrected chi connectivity index (χ3v) is 4.76. The van der Waals surface area contributed by atoms with Gasteiger partial charge in [0.25, 0.3) is 0 Å². The van der Waals surface area contributed by atoms with E-state index in [-0.39, 0.29) is 5.91 Å². The quantitative estimate of drug-likeness (QED) is 0.880. The summed E-state index contributed by atoms with van der Waals surface area (Å²) in [6.07, 6.45) is 3.44. The van der Waals surface area contributed by atoms with E-state index < -0.39 is 0 Å². The van der Waals surface area contributed by atoms with Crippen LogP contribution in [0.1, 0.15) is 18.4 Å². The van der Waals surface area contributed by atoms with Crippen LogP contribution in [-0.2, 0) is 11.2 Å². The first-order chi connectivity index (χ1) is 12.2. The SMILES string of the molecule is CN(CCNC(=O)CN1CCCCc2ccccc21)c1ccccc1. The molecular formula is C21H27N3O. The van der Waals surface area contributed by atoms with E-state index >= 15 is 0 Å². The second-order valence-electron chi connectivity index (χ2n) is 6.61. The van der Waals surface area contributed by atoms with Crippen molar-refractivity contribution in [2.45, 2.75) is 19.3 Å². The zero-order valence-corrected chi connectivity index (χ0v) is 14.9. The van der Waals surface area contributed by atoms with Gasteiger partial charge in [-0.1, -0.05) is 36.4 Å². The van der Waals surface area contributed by atoms with Crippen LogP contribution in [0.5, 0.6) is 0 Å². The zero-order chi connectivity index (χ0) is 17.5. The molecule has 0 aliphatic carbocycles. The van der Waals surface area contributed by atoms with E-state index in [1.54, 1.807) is 0 Å². The van der Waals surface area contributed by atoms with Crippen molar-refractivity contribution in [3.05, 3.63) is 60.2 Å². The first-order valence-electron chi connectivity index (χ1n) is 9.10. The van der Waals surface area contributed by atoms with Crippen molar-refractivity contribution >= 4 is 17.3 Å². The molecular weight excluding hydrogens is 310 g/mol. The van der Waals surface area contributed by atoms with Gasteiger partial charge in [-0.3, -0.25) is 4.79 Å². The number of anilines is 2. The van der Waals surface area contributed by atoms with Gasteiger partial charge in [0.2, 0.25) is 5.91 Å². The molecule has 0 unspecified atom stereocenters. The summed E-state index contributed by atoms with van der Waals surface area (Å²) in [5.74, 6) is 0.0955. The number of amides is 1. The molecule has 0 aromatic heterocycles. The summed E-state index contributed by atoms with van der Waals surface area (Å²) in [5, 5.41) is 3.06. The van der Waals surface area contributed by atoms with Gasteiger partial charge in [0.1, 0.15) is 0 Å². The number of nitrogens with zero attached hydrogens (tertiary/aromatic N) is 2. The van der Waals surface area contributed by atoms with Crippen molar-refractivity contribution in [3.63, 3.8) is 0 Å². The number of hydrogen-bond acceptors (Lipinski definition) is 3. The van der Waals surface area contributed by atoms with Crippen LogP contribution in [0.25, 0.3) is 0 Å². The maximum Gasteiger partial charge on any atom is 0.239 e. The van der Waals surface area contributed by atoms with Crippen molar-refractivity contribution in [2.24, 2.45) is 0 Å². The molecule has 0 atom stereocenters. The molecule has 1 aliphatic heterocycles. The molecule has 3 rings (SSSR count). The molecule has 0 saturated carbocycles. The molecule has 0 bridgehead atoms. The number of para-hydroxylation sites is 2. The van der Waals surface area contributed by atoms with E-state index in [4.69, 9.17) is 0 Å². The van der Waals surface area contributed by atoms with Gasteiger partial charge in [0.05, 0.1) is 6.54 Å². The minimum absolute atomic E-state index is 0.0955. The van der Waals surface area contributed by atoms with Gasteiger partial charge in [-0.25, -0.2) is 0 Å². The topological polar surface area (TPSA) is 35.6 Å². The Bertz CT molecular complexity index is 687. The molecule has 1 amide bonds. The third kappa shape index (κ3) is 4.75. The first-order valence-corrected chi connectivity index (χ1v) is 9.10. The number of benzene rings is 2. The second-order valence-corrected chi connectivity index (χ2v) is 6.61. The number of carbonyl (C=O) groups excluding carboxylic acids is 1. The summed E-state index contributed by atoms with van der Waals surface area (Å²) < 4.78 is 0. The van der Waals surface area contributed by atoms with Gasteiger partial charge >= 0.3 is 0 Å². The van der Waals surface area contributed by atoms with Crippen molar-refractivity contribution in [1.29, 1.82) is 0 Å². The minimum Gasteiger partial charge on any atom is -0.373 e. The van der Waals surface area contributed by atoms with Crippen LogP contribution >= 0.6 is 0 Å². The molecule has 2 aromatic rings. The number of fused-ring (bicyclic) bond motifs is 1. The van der Waals surface area contributed by atoms with Crippen LogP contribution in [0.4, 0.5) is 11.4 Å². The molecule has 0 fully saturated rings. The number of carbonyl (C=O) groups is 1. The van der Waals surface area contributed by atoms with Gasteiger partial charge < -0.3 is 15.1 Å². The maximum atomic E-state index is 12.4. The van der Waals surface area contributed by atoms with Gasteiger partial charge in [-0.15, -0.1) is 0 Å². The molecule has 1 heterocycles. The predicted molar refractivity (Wildman–Crippen MR) is 104 cm³/mol. The maximum absolute atomic E-state index is 12.4. The third-order valence-electron chi connectivity index (χ3n) is 4.76. The van der Waals surface area contributed by atoms with Crippen LogP contribution < -0.4 is 15.1 Å². The lowest BCUT2D eigenvalue weighted by Crippen LogP contribution is -2.40. The van der Waals surface area contributed by atoms with Crippen molar-refractivity contribution in [1.82, 2.24) is 5.32 Å². The Balaban J connectivity index is 1.49. The Morgan fingerprint density at radius 1 is 1.08 bits per heavy atom. The monoisotopic (exact) mass is 337 g/mol. The van der Waals surface area contributed by atoms with Crippen LogP contribution in [0.3, 0.4) is 0 Å². The highest BCUT2D eigenvalue weighted by atomic mass is 16.2. The summed E-state index contributed by atoms with van der Waals surface area (Å²) in [4.78, 5) is 16.8. The summed E-state index contributed by atoms with van der Waals surface area (Å²) in [6.45, 7) is 2.84. The summed E-state index contributed by atoms with van der Waals surface area (Å²) >= 11 is 0. The normalized spacial score (nSPS) is 13.7. The fourth-order valence-corrected chi connectivity index (χ4v) is 3.34. The molecule has 25 heavy (non-hydrogen) atoms. The second kappa shape index (κ2) is 8.56. The lowest BCUT2D eigenvalue weighted by atomic mass is 10.1. The highest BCUT2D eigenvalue weighted by Gasteiger charge is 2.17. The molecule has 1 aliphatic rings. The van der Waals surface area contributed by atoms with Crippen molar-refractivity contribution in [3.8, 4) is 0 Å². The average molecular weight is 337 g/mol. The van der Waals surface area contributed by atoms with Gasteiger partial charge in [0.15, 0.2) is 0 Å². The van der Waals surface area contributed by atoms with Crippen LogP contribution in [-0.4, -0.2) is 39.1 Å². The first kappa shape index (κ1) is 17.3.